The summed E-state index contributed by atoms with van der Waals surface area (Å²) in [5, 5.41) is 4.27. The van der Waals surface area contributed by atoms with Crippen LogP contribution in [-0.2, 0) is 7.05 Å². The van der Waals surface area contributed by atoms with Gasteiger partial charge in [-0.1, -0.05) is 15.9 Å². The largest absolute Gasteiger partial charge is 0.369 e. The molecule has 3 aromatic rings. The molecular weight excluding hydrogens is 313 g/mol. The van der Waals surface area contributed by atoms with Crippen molar-refractivity contribution < 1.29 is 4.39 Å². The zero-order chi connectivity index (χ0) is 13.7. The number of imidazole rings is 1. The van der Waals surface area contributed by atoms with E-state index in [0.717, 1.165) is 10.2 Å². The van der Waals surface area contributed by atoms with Crippen molar-refractivity contribution in [2.45, 2.75) is 6.92 Å². The van der Waals surface area contributed by atoms with Crippen molar-refractivity contribution in [3.05, 3.63) is 34.2 Å². The summed E-state index contributed by atoms with van der Waals surface area (Å²) in [6.07, 6.45) is 0. The fourth-order valence-electron chi connectivity index (χ4n) is 2.18. The van der Waals surface area contributed by atoms with Crippen molar-refractivity contribution in [3.8, 4) is 5.69 Å². The fourth-order valence-corrected chi connectivity index (χ4v) is 2.53. The molecule has 0 aliphatic heterocycles. The third kappa shape index (κ3) is 1.73. The Morgan fingerprint density at radius 2 is 2.11 bits per heavy atom. The maximum absolute atomic E-state index is 14.0. The standard InChI is InChI=1S/C12H11BrFN5/c1-6-10-11(18(2)17-6)19(12(15)16-10)9-5-7(13)3-4-8(9)14/h3-5H,1-2H3,(H2,15,16). The number of hydrogen-bond acceptors (Lipinski definition) is 3. The highest BCUT2D eigenvalue weighted by Crippen LogP contribution is 2.27. The first kappa shape index (κ1) is 12.2. The second-order valence-electron chi connectivity index (χ2n) is 4.28. The predicted molar refractivity (Wildman–Crippen MR) is 74.6 cm³/mol. The second-order valence-corrected chi connectivity index (χ2v) is 5.20. The SMILES string of the molecule is Cc1nn(C)c2c1nc(N)n2-c1cc(Br)ccc1F. The maximum atomic E-state index is 14.0. The van der Waals surface area contributed by atoms with Crippen molar-refractivity contribution in [1.82, 2.24) is 19.3 Å². The smallest absolute Gasteiger partial charge is 0.207 e. The molecule has 0 aliphatic carbocycles. The van der Waals surface area contributed by atoms with Gasteiger partial charge in [0, 0.05) is 11.5 Å². The van der Waals surface area contributed by atoms with Crippen molar-refractivity contribution >= 4 is 33.0 Å². The van der Waals surface area contributed by atoms with Crippen molar-refractivity contribution in [1.29, 1.82) is 0 Å². The van der Waals surface area contributed by atoms with E-state index in [1.807, 2.05) is 6.92 Å². The van der Waals surface area contributed by atoms with Crippen LogP contribution >= 0.6 is 15.9 Å². The number of fused-ring (bicyclic) bond motifs is 1. The Morgan fingerprint density at radius 1 is 1.37 bits per heavy atom. The molecule has 5 nitrogen and oxygen atoms in total. The third-order valence-corrected chi connectivity index (χ3v) is 3.47. The van der Waals surface area contributed by atoms with E-state index < -0.39 is 0 Å². The van der Waals surface area contributed by atoms with E-state index in [1.165, 1.54) is 6.07 Å². The van der Waals surface area contributed by atoms with Crippen LogP contribution in [0.15, 0.2) is 22.7 Å². The molecule has 0 aliphatic rings. The molecule has 0 radical (unpaired) electrons. The number of hydrogen-bond donors (Lipinski definition) is 1. The maximum Gasteiger partial charge on any atom is 0.207 e. The summed E-state index contributed by atoms with van der Waals surface area (Å²) in [5.74, 6) is -0.129. The highest BCUT2D eigenvalue weighted by Gasteiger charge is 2.19. The van der Waals surface area contributed by atoms with E-state index in [1.54, 1.807) is 28.4 Å². The third-order valence-electron chi connectivity index (χ3n) is 2.98. The van der Waals surface area contributed by atoms with Crippen LogP contribution in [0.1, 0.15) is 5.69 Å². The molecular formula is C12H11BrFN5. The van der Waals surface area contributed by atoms with Gasteiger partial charge < -0.3 is 5.73 Å². The van der Waals surface area contributed by atoms with Gasteiger partial charge in [0.25, 0.3) is 0 Å². The normalized spacial score (nSPS) is 11.4. The number of aromatic nitrogens is 4. The lowest BCUT2D eigenvalue weighted by molar-refractivity contribution is 0.618. The van der Waals surface area contributed by atoms with Crippen LogP contribution in [0.25, 0.3) is 16.9 Å². The number of benzene rings is 1. The fraction of sp³-hybridized carbons (Fsp3) is 0.167. The summed E-state index contributed by atoms with van der Waals surface area (Å²) in [7, 11) is 1.78. The molecule has 0 bridgehead atoms. The summed E-state index contributed by atoms with van der Waals surface area (Å²) in [4.78, 5) is 4.26. The topological polar surface area (TPSA) is 61.7 Å². The number of nitrogen functional groups attached to an aromatic ring is 1. The lowest BCUT2D eigenvalue weighted by Gasteiger charge is -2.08. The molecule has 2 heterocycles. The van der Waals surface area contributed by atoms with E-state index in [9.17, 15) is 4.39 Å². The number of rotatable bonds is 1. The van der Waals surface area contributed by atoms with E-state index >= 15 is 0 Å². The summed E-state index contributed by atoms with van der Waals surface area (Å²) in [6, 6.07) is 4.68. The molecule has 1 aromatic carbocycles. The second kappa shape index (κ2) is 4.06. The minimum Gasteiger partial charge on any atom is -0.369 e. The van der Waals surface area contributed by atoms with Gasteiger partial charge in [-0.3, -0.25) is 4.57 Å². The lowest BCUT2D eigenvalue weighted by atomic mass is 10.3. The number of aryl methyl sites for hydroxylation is 2. The quantitative estimate of drug-likeness (QED) is 0.748. The molecule has 0 spiro atoms. The zero-order valence-electron chi connectivity index (χ0n) is 10.4. The van der Waals surface area contributed by atoms with Crippen molar-refractivity contribution in [2.75, 3.05) is 5.73 Å². The Labute approximate surface area is 117 Å². The van der Waals surface area contributed by atoms with Crippen LogP contribution in [0.4, 0.5) is 10.3 Å². The predicted octanol–water partition coefficient (Wildman–Crippen LogP) is 2.55. The number of halogens is 2. The first-order chi connectivity index (χ1) is 8.99. The van der Waals surface area contributed by atoms with Gasteiger partial charge in [-0.25, -0.2) is 14.1 Å². The molecule has 3 rings (SSSR count). The van der Waals surface area contributed by atoms with Gasteiger partial charge >= 0.3 is 0 Å². The van der Waals surface area contributed by atoms with Gasteiger partial charge in [-0.05, 0) is 25.1 Å². The highest BCUT2D eigenvalue weighted by atomic mass is 79.9. The molecule has 0 amide bonds. The minimum atomic E-state index is -0.368. The molecule has 2 N–H and O–H groups in total. The van der Waals surface area contributed by atoms with Gasteiger partial charge in [0.1, 0.15) is 11.3 Å². The molecule has 0 atom stereocenters. The monoisotopic (exact) mass is 323 g/mol. The zero-order valence-corrected chi connectivity index (χ0v) is 11.9. The van der Waals surface area contributed by atoms with Crippen LogP contribution in [0.2, 0.25) is 0 Å². The number of nitrogens with two attached hydrogens (primary N) is 1. The Kier molecular flexibility index (Phi) is 2.60. The summed E-state index contributed by atoms with van der Waals surface area (Å²) < 4.78 is 18.0. The molecule has 19 heavy (non-hydrogen) atoms. The van der Waals surface area contributed by atoms with Crippen LogP contribution in [-0.4, -0.2) is 19.3 Å². The summed E-state index contributed by atoms with van der Waals surface area (Å²) in [5.41, 5.74) is 8.38. The van der Waals surface area contributed by atoms with Gasteiger partial charge in [0.15, 0.2) is 5.65 Å². The van der Waals surface area contributed by atoms with Crippen molar-refractivity contribution in [3.63, 3.8) is 0 Å². The van der Waals surface area contributed by atoms with E-state index in [-0.39, 0.29) is 11.8 Å². The van der Waals surface area contributed by atoms with E-state index in [0.29, 0.717) is 16.9 Å². The minimum absolute atomic E-state index is 0.239. The first-order valence-corrected chi connectivity index (χ1v) is 6.41. The lowest BCUT2D eigenvalue weighted by Crippen LogP contribution is -2.06. The molecule has 7 heteroatoms. The Hall–Kier alpha value is -1.89. The van der Waals surface area contributed by atoms with Gasteiger partial charge in [-0.15, -0.1) is 0 Å². The van der Waals surface area contributed by atoms with Gasteiger partial charge in [0.2, 0.25) is 5.95 Å². The van der Waals surface area contributed by atoms with E-state index in [2.05, 4.69) is 26.0 Å². The van der Waals surface area contributed by atoms with Crippen LogP contribution < -0.4 is 5.73 Å². The average molecular weight is 324 g/mol. The molecule has 2 aromatic heterocycles. The summed E-state index contributed by atoms with van der Waals surface area (Å²) >= 11 is 3.33. The molecule has 0 saturated carbocycles. The highest BCUT2D eigenvalue weighted by molar-refractivity contribution is 9.10. The summed E-state index contributed by atoms with van der Waals surface area (Å²) in [6.45, 7) is 1.84. The Morgan fingerprint density at radius 3 is 2.84 bits per heavy atom. The Balaban J connectivity index is 2.42. The van der Waals surface area contributed by atoms with Crippen molar-refractivity contribution in [2.24, 2.45) is 7.05 Å². The number of nitrogens with zero attached hydrogens (tertiary/aromatic N) is 4. The molecule has 0 saturated heterocycles. The molecule has 0 fully saturated rings. The van der Waals surface area contributed by atoms with Gasteiger partial charge in [-0.2, -0.15) is 5.10 Å². The average Bonchev–Trinajstić information content (AvgIpc) is 2.81. The first-order valence-electron chi connectivity index (χ1n) is 5.62. The molecule has 98 valence electrons. The van der Waals surface area contributed by atoms with Gasteiger partial charge in [0.05, 0.1) is 11.4 Å². The molecule has 0 unspecified atom stereocenters. The van der Waals surface area contributed by atoms with E-state index in [4.69, 9.17) is 5.73 Å². The number of anilines is 1. The van der Waals surface area contributed by atoms with Crippen LogP contribution in [0.3, 0.4) is 0 Å². The van der Waals surface area contributed by atoms with Crippen LogP contribution in [0, 0.1) is 12.7 Å². The Bertz CT molecular complexity index is 789. The van der Waals surface area contributed by atoms with Crippen LogP contribution in [0.5, 0.6) is 0 Å².